The van der Waals surface area contributed by atoms with Crippen LogP contribution in [0.1, 0.15) is 24.2 Å². The molecule has 38 heavy (non-hydrogen) atoms. The van der Waals surface area contributed by atoms with Crippen LogP contribution in [0.15, 0.2) is 36.9 Å². The number of halogens is 2. The van der Waals surface area contributed by atoms with Crippen LogP contribution in [0, 0.1) is 12.8 Å². The van der Waals surface area contributed by atoms with Crippen molar-refractivity contribution < 1.29 is 23.4 Å². The smallest absolute Gasteiger partial charge is 0.303 e. The molecule has 1 fully saturated rings. The number of pyridine rings is 1. The maximum Gasteiger partial charge on any atom is 0.303 e. The molecule has 0 unspecified atom stereocenters. The number of nitrogens with zero attached hydrogens (tertiary/aromatic N) is 10. The predicted octanol–water partition coefficient (Wildman–Crippen LogP) is 2.07. The van der Waals surface area contributed by atoms with Crippen molar-refractivity contribution >= 4 is 11.7 Å². The molecule has 13 nitrogen and oxygen atoms in total. The second-order valence-corrected chi connectivity index (χ2v) is 9.04. The lowest BCUT2D eigenvalue weighted by Gasteiger charge is -2.39. The average molecular weight is 527 g/mol. The van der Waals surface area contributed by atoms with Crippen molar-refractivity contribution in [2.75, 3.05) is 18.0 Å². The molecule has 0 aromatic carbocycles. The molecule has 1 aliphatic rings. The molecule has 0 spiro atoms. The molecule has 198 valence electrons. The standard InChI is InChI=1S/C23H24F2N10O3/c1-14-17(34-10-15(7-21(36)37)9-23(24,25)12-34)4-3-16(30-14)22-18(33(2)32-31-22)11-38-20-8-19(26-13-27-20)35-28-5-6-29-35/h3-6,8,13,15H,7,9-12H2,1-2H3,(H,36,37)/t15-/m0/s1. The topological polar surface area (TPSA) is 150 Å². The summed E-state index contributed by atoms with van der Waals surface area (Å²) >= 11 is 0. The maximum absolute atomic E-state index is 14.4. The van der Waals surface area contributed by atoms with Crippen molar-refractivity contribution in [2.24, 2.45) is 13.0 Å². The third-order valence-electron chi connectivity index (χ3n) is 6.14. The van der Waals surface area contributed by atoms with Crippen molar-refractivity contribution in [3.63, 3.8) is 0 Å². The minimum Gasteiger partial charge on any atom is -0.481 e. The molecule has 0 radical (unpaired) electrons. The number of aliphatic carboxylic acids is 1. The molecule has 0 bridgehead atoms. The lowest BCUT2D eigenvalue weighted by molar-refractivity contribution is -0.139. The molecule has 0 amide bonds. The van der Waals surface area contributed by atoms with Gasteiger partial charge in [-0.1, -0.05) is 5.21 Å². The number of hydrogen-bond donors (Lipinski definition) is 1. The highest BCUT2D eigenvalue weighted by Crippen LogP contribution is 2.36. The third kappa shape index (κ3) is 5.40. The molecule has 4 aromatic rings. The molecule has 1 atom stereocenters. The second kappa shape index (κ2) is 10.1. The van der Waals surface area contributed by atoms with E-state index in [-0.39, 0.29) is 19.6 Å². The molecule has 1 N–H and O–H groups in total. The van der Waals surface area contributed by atoms with Gasteiger partial charge in [-0.3, -0.25) is 4.79 Å². The number of carboxylic acid groups (broad SMARTS) is 1. The molecule has 1 saturated heterocycles. The number of anilines is 1. The fraction of sp³-hybridized carbons (Fsp3) is 0.391. The van der Waals surface area contributed by atoms with Gasteiger partial charge in [-0.2, -0.15) is 10.2 Å². The highest BCUT2D eigenvalue weighted by molar-refractivity contribution is 5.67. The number of aryl methyl sites for hydroxylation is 2. The van der Waals surface area contributed by atoms with Crippen LogP contribution in [0.25, 0.3) is 17.2 Å². The van der Waals surface area contributed by atoms with Crippen LogP contribution in [0.5, 0.6) is 5.88 Å². The van der Waals surface area contributed by atoms with E-state index < -0.39 is 30.8 Å². The van der Waals surface area contributed by atoms with E-state index in [1.165, 1.54) is 28.4 Å². The molecule has 0 aliphatic carbocycles. The van der Waals surface area contributed by atoms with Gasteiger partial charge in [0.1, 0.15) is 24.3 Å². The van der Waals surface area contributed by atoms with Crippen molar-refractivity contribution in [1.82, 2.24) is 44.9 Å². The number of rotatable bonds is 8. The van der Waals surface area contributed by atoms with E-state index >= 15 is 0 Å². The van der Waals surface area contributed by atoms with Gasteiger partial charge >= 0.3 is 5.97 Å². The summed E-state index contributed by atoms with van der Waals surface area (Å²) in [5, 5.41) is 25.5. The highest BCUT2D eigenvalue weighted by Gasteiger charge is 2.41. The van der Waals surface area contributed by atoms with Gasteiger partial charge in [0, 0.05) is 26.1 Å². The van der Waals surface area contributed by atoms with Crippen molar-refractivity contribution in [1.29, 1.82) is 0 Å². The van der Waals surface area contributed by atoms with Crippen molar-refractivity contribution in [3.05, 3.63) is 48.3 Å². The number of aromatic nitrogens is 9. The Kier molecular flexibility index (Phi) is 6.65. The fourth-order valence-corrected chi connectivity index (χ4v) is 4.53. The van der Waals surface area contributed by atoms with E-state index in [1.807, 2.05) is 0 Å². The number of alkyl halides is 2. The Morgan fingerprint density at radius 2 is 2.03 bits per heavy atom. The van der Waals surface area contributed by atoms with Crippen LogP contribution in [-0.4, -0.2) is 75.0 Å². The van der Waals surface area contributed by atoms with Crippen molar-refractivity contribution in [2.45, 2.75) is 32.3 Å². The van der Waals surface area contributed by atoms with Crippen LogP contribution in [0.3, 0.4) is 0 Å². The molecule has 5 heterocycles. The lowest BCUT2D eigenvalue weighted by Crippen LogP contribution is -2.48. The number of ether oxygens (including phenoxy) is 1. The molecule has 15 heteroatoms. The summed E-state index contributed by atoms with van der Waals surface area (Å²) < 4.78 is 36.2. The average Bonchev–Trinajstić information content (AvgIpc) is 3.51. The Morgan fingerprint density at radius 3 is 2.76 bits per heavy atom. The number of carboxylic acids is 1. The van der Waals surface area contributed by atoms with Gasteiger partial charge < -0.3 is 14.7 Å². The zero-order valence-electron chi connectivity index (χ0n) is 20.6. The van der Waals surface area contributed by atoms with E-state index in [9.17, 15) is 13.6 Å². The number of hydrogen-bond acceptors (Lipinski definition) is 10. The lowest BCUT2D eigenvalue weighted by atomic mass is 9.92. The van der Waals surface area contributed by atoms with Crippen LogP contribution >= 0.6 is 0 Å². The first kappa shape index (κ1) is 25.1. The summed E-state index contributed by atoms with van der Waals surface area (Å²) in [4.78, 5) is 26.8. The first-order valence-corrected chi connectivity index (χ1v) is 11.7. The van der Waals surface area contributed by atoms with Gasteiger partial charge in [0.15, 0.2) is 5.82 Å². The zero-order chi connectivity index (χ0) is 26.9. The summed E-state index contributed by atoms with van der Waals surface area (Å²) in [6.45, 7) is 1.50. The van der Waals surface area contributed by atoms with Gasteiger partial charge in [-0.15, -0.1) is 9.90 Å². The molecule has 4 aromatic heterocycles. The Morgan fingerprint density at radius 1 is 1.24 bits per heavy atom. The van der Waals surface area contributed by atoms with E-state index in [1.54, 1.807) is 36.9 Å². The molecule has 0 saturated carbocycles. The minimum atomic E-state index is -2.99. The van der Waals surface area contributed by atoms with Gasteiger partial charge in [0.25, 0.3) is 5.92 Å². The summed E-state index contributed by atoms with van der Waals surface area (Å²) in [7, 11) is 1.72. The predicted molar refractivity (Wildman–Crippen MR) is 128 cm³/mol. The monoisotopic (exact) mass is 526 g/mol. The Hall–Kier alpha value is -4.56. The fourth-order valence-electron chi connectivity index (χ4n) is 4.53. The van der Waals surface area contributed by atoms with Crippen LogP contribution in [-0.2, 0) is 18.4 Å². The van der Waals surface area contributed by atoms with Crippen LogP contribution in [0.2, 0.25) is 0 Å². The Bertz CT molecular complexity index is 1440. The number of piperidine rings is 1. The minimum absolute atomic E-state index is 0.0690. The first-order valence-electron chi connectivity index (χ1n) is 11.7. The maximum atomic E-state index is 14.4. The SMILES string of the molecule is Cc1nc(-c2nnn(C)c2COc2cc(-n3nccn3)ncn2)ccc1N1C[C@@H](CC(=O)O)CC(F)(F)C1. The van der Waals surface area contributed by atoms with Gasteiger partial charge in [0.2, 0.25) is 5.88 Å². The molecular weight excluding hydrogens is 502 g/mol. The zero-order valence-corrected chi connectivity index (χ0v) is 20.6. The summed E-state index contributed by atoms with van der Waals surface area (Å²) in [6, 6.07) is 4.97. The van der Waals surface area contributed by atoms with Gasteiger partial charge in [-0.25, -0.2) is 28.4 Å². The quantitative estimate of drug-likeness (QED) is 0.359. The highest BCUT2D eigenvalue weighted by atomic mass is 19.3. The normalized spacial score (nSPS) is 16.9. The largest absolute Gasteiger partial charge is 0.481 e. The van der Waals surface area contributed by atoms with Crippen LogP contribution in [0.4, 0.5) is 14.5 Å². The van der Waals surface area contributed by atoms with E-state index in [2.05, 4.69) is 35.5 Å². The van der Waals surface area contributed by atoms with Crippen molar-refractivity contribution in [3.8, 4) is 23.1 Å². The number of carbonyl (C=O) groups is 1. The van der Waals surface area contributed by atoms with Gasteiger partial charge in [0.05, 0.1) is 42.4 Å². The first-order chi connectivity index (χ1) is 18.2. The molecule has 1 aliphatic heterocycles. The Labute approximate surface area is 215 Å². The van der Waals surface area contributed by atoms with E-state index in [0.29, 0.717) is 40.2 Å². The summed E-state index contributed by atoms with van der Waals surface area (Å²) in [6.07, 6.45) is 3.64. The molecule has 5 rings (SSSR count). The Balaban J connectivity index is 1.35. The van der Waals surface area contributed by atoms with Gasteiger partial charge in [-0.05, 0) is 25.0 Å². The third-order valence-corrected chi connectivity index (χ3v) is 6.14. The van der Waals surface area contributed by atoms with Crippen LogP contribution < -0.4 is 9.64 Å². The molecular formula is C23H24F2N10O3. The van der Waals surface area contributed by atoms with E-state index in [4.69, 9.17) is 9.84 Å². The second-order valence-electron chi connectivity index (χ2n) is 9.04. The summed E-state index contributed by atoms with van der Waals surface area (Å²) in [5.41, 5.74) is 2.61. The summed E-state index contributed by atoms with van der Waals surface area (Å²) in [5.74, 6) is -4.02. The van der Waals surface area contributed by atoms with E-state index in [0.717, 1.165) is 0 Å².